The molecule has 1 unspecified atom stereocenters. The van der Waals surface area contributed by atoms with E-state index in [0.29, 0.717) is 12.4 Å². The van der Waals surface area contributed by atoms with Gasteiger partial charge in [0.25, 0.3) is 0 Å². The lowest BCUT2D eigenvalue weighted by Gasteiger charge is -2.13. The molecule has 2 aromatic rings. The van der Waals surface area contributed by atoms with Crippen molar-refractivity contribution in [3.05, 3.63) is 36.5 Å². The standard InChI is InChI=1S/C14H15NO3/c1-3-17-14(16)10(2)18-12-8-11-6-4-5-7-13(11)15-9-12/h4-10H,3H2,1-2H3. The summed E-state index contributed by atoms with van der Waals surface area (Å²) < 4.78 is 10.4. The number of aromatic nitrogens is 1. The third-order valence-corrected chi connectivity index (χ3v) is 2.50. The zero-order valence-electron chi connectivity index (χ0n) is 10.4. The highest BCUT2D eigenvalue weighted by Crippen LogP contribution is 2.19. The highest BCUT2D eigenvalue weighted by molar-refractivity contribution is 5.80. The minimum atomic E-state index is -0.632. The Kier molecular flexibility index (Phi) is 3.77. The van der Waals surface area contributed by atoms with Gasteiger partial charge in [-0.15, -0.1) is 0 Å². The number of carbonyl (C=O) groups is 1. The molecule has 0 bridgehead atoms. The number of rotatable bonds is 4. The van der Waals surface area contributed by atoms with Crippen LogP contribution in [0.15, 0.2) is 36.5 Å². The summed E-state index contributed by atoms with van der Waals surface area (Å²) in [5, 5.41) is 0.978. The molecule has 18 heavy (non-hydrogen) atoms. The molecular weight excluding hydrogens is 230 g/mol. The van der Waals surface area contributed by atoms with Crippen molar-refractivity contribution in [2.45, 2.75) is 20.0 Å². The van der Waals surface area contributed by atoms with Gasteiger partial charge in [0.15, 0.2) is 6.10 Å². The number of para-hydroxylation sites is 1. The number of carbonyl (C=O) groups excluding carboxylic acids is 1. The summed E-state index contributed by atoms with van der Waals surface area (Å²) in [5.74, 6) is 0.194. The van der Waals surface area contributed by atoms with Crippen molar-refractivity contribution in [2.75, 3.05) is 6.61 Å². The second kappa shape index (κ2) is 5.49. The normalized spacial score (nSPS) is 12.1. The Morgan fingerprint density at radius 1 is 1.39 bits per heavy atom. The van der Waals surface area contributed by atoms with Gasteiger partial charge in [-0.05, 0) is 26.0 Å². The molecule has 1 aromatic carbocycles. The molecule has 0 aliphatic carbocycles. The first-order valence-electron chi connectivity index (χ1n) is 5.89. The van der Waals surface area contributed by atoms with Crippen molar-refractivity contribution < 1.29 is 14.3 Å². The largest absolute Gasteiger partial charge is 0.477 e. The predicted octanol–water partition coefficient (Wildman–Crippen LogP) is 2.57. The van der Waals surface area contributed by atoms with Gasteiger partial charge in [-0.3, -0.25) is 4.98 Å². The molecule has 0 saturated heterocycles. The maximum atomic E-state index is 11.4. The number of esters is 1. The molecule has 4 nitrogen and oxygen atoms in total. The van der Waals surface area contributed by atoms with Crippen LogP contribution in [0.3, 0.4) is 0 Å². The predicted molar refractivity (Wildman–Crippen MR) is 68.5 cm³/mol. The third-order valence-electron chi connectivity index (χ3n) is 2.50. The fourth-order valence-corrected chi connectivity index (χ4v) is 1.63. The van der Waals surface area contributed by atoms with Crippen LogP contribution in [-0.4, -0.2) is 23.7 Å². The second-order valence-corrected chi connectivity index (χ2v) is 3.88. The Labute approximate surface area is 106 Å². The van der Waals surface area contributed by atoms with Crippen LogP contribution in [0.25, 0.3) is 10.9 Å². The first-order valence-corrected chi connectivity index (χ1v) is 5.89. The molecule has 0 amide bonds. The van der Waals surface area contributed by atoms with Crippen LogP contribution >= 0.6 is 0 Å². The van der Waals surface area contributed by atoms with Crippen LogP contribution < -0.4 is 4.74 Å². The Morgan fingerprint density at radius 2 is 2.17 bits per heavy atom. The summed E-state index contributed by atoms with van der Waals surface area (Å²) in [6, 6.07) is 9.59. The van der Waals surface area contributed by atoms with Crippen molar-refractivity contribution >= 4 is 16.9 Å². The highest BCUT2D eigenvalue weighted by atomic mass is 16.6. The van der Waals surface area contributed by atoms with Gasteiger partial charge in [-0.1, -0.05) is 18.2 Å². The van der Waals surface area contributed by atoms with E-state index in [1.807, 2.05) is 30.3 Å². The van der Waals surface area contributed by atoms with Crippen molar-refractivity contribution in [2.24, 2.45) is 0 Å². The number of hydrogen-bond acceptors (Lipinski definition) is 4. The Hall–Kier alpha value is -2.10. The summed E-state index contributed by atoms with van der Waals surface area (Å²) in [4.78, 5) is 15.7. The smallest absolute Gasteiger partial charge is 0.347 e. The molecule has 0 aliphatic rings. The SMILES string of the molecule is CCOC(=O)C(C)Oc1cnc2ccccc2c1. The molecule has 0 fully saturated rings. The third kappa shape index (κ3) is 2.77. The van der Waals surface area contributed by atoms with Crippen molar-refractivity contribution in [3.63, 3.8) is 0 Å². The Morgan fingerprint density at radius 3 is 2.94 bits per heavy atom. The lowest BCUT2D eigenvalue weighted by molar-refractivity contribution is -0.150. The van der Waals surface area contributed by atoms with Crippen LogP contribution in [0, 0.1) is 0 Å². The van der Waals surface area contributed by atoms with Crippen molar-refractivity contribution in [3.8, 4) is 5.75 Å². The maximum absolute atomic E-state index is 11.4. The summed E-state index contributed by atoms with van der Waals surface area (Å²) in [5.41, 5.74) is 0.897. The number of hydrogen-bond donors (Lipinski definition) is 0. The van der Waals surface area contributed by atoms with E-state index < -0.39 is 6.10 Å². The summed E-state index contributed by atoms with van der Waals surface area (Å²) in [6.07, 6.45) is 0.978. The van der Waals surface area contributed by atoms with Gasteiger partial charge in [0.2, 0.25) is 0 Å². The van der Waals surface area contributed by atoms with Gasteiger partial charge in [-0.2, -0.15) is 0 Å². The first kappa shape index (κ1) is 12.4. The van der Waals surface area contributed by atoms with E-state index in [4.69, 9.17) is 9.47 Å². The molecule has 0 N–H and O–H groups in total. The molecule has 1 atom stereocenters. The molecule has 2 rings (SSSR count). The number of nitrogens with zero attached hydrogens (tertiary/aromatic N) is 1. The molecule has 0 saturated carbocycles. The molecular formula is C14H15NO3. The molecule has 0 radical (unpaired) electrons. The summed E-state index contributed by atoms with van der Waals surface area (Å²) >= 11 is 0. The average Bonchev–Trinajstić information content (AvgIpc) is 2.39. The number of pyridine rings is 1. The van der Waals surface area contributed by atoms with E-state index in [9.17, 15) is 4.79 Å². The number of benzene rings is 1. The molecule has 0 aliphatic heterocycles. The van der Waals surface area contributed by atoms with Crippen molar-refractivity contribution in [1.82, 2.24) is 4.98 Å². The lowest BCUT2D eigenvalue weighted by atomic mass is 10.2. The number of ether oxygens (including phenoxy) is 2. The fourth-order valence-electron chi connectivity index (χ4n) is 1.63. The maximum Gasteiger partial charge on any atom is 0.347 e. The zero-order chi connectivity index (χ0) is 13.0. The van der Waals surface area contributed by atoms with Gasteiger partial charge in [0.1, 0.15) is 5.75 Å². The molecule has 1 heterocycles. The van der Waals surface area contributed by atoms with Gasteiger partial charge in [0.05, 0.1) is 18.3 Å². The fraction of sp³-hybridized carbons (Fsp3) is 0.286. The van der Waals surface area contributed by atoms with Crippen LogP contribution in [0.4, 0.5) is 0 Å². The molecule has 0 spiro atoms. The van der Waals surface area contributed by atoms with Crippen molar-refractivity contribution in [1.29, 1.82) is 0 Å². The van der Waals surface area contributed by atoms with Gasteiger partial charge >= 0.3 is 5.97 Å². The number of fused-ring (bicyclic) bond motifs is 1. The monoisotopic (exact) mass is 245 g/mol. The zero-order valence-corrected chi connectivity index (χ0v) is 10.4. The highest BCUT2D eigenvalue weighted by Gasteiger charge is 2.15. The Bertz CT molecular complexity index is 553. The van der Waals surface area contributed by atoms with Crippen LogP contribution in [0.2, 0.25) is 0 Å². The van der Waals surface area contributed by atoms with E-state index in [0.717, 1.165) is 10.9 Å². The van der Waals surface area contributed by atoms with E-state index >= 15 is 0 Å². The van der Waals surface area contributed by atoms with Crippen LogP contribution in [-0.2, 0) is 9.53 Å². The average molecular weight is 245 g/mol. The summed E-state index contributed by atoms with van der Waals surface area (Å²) in [7, 11) is 0. The quantitative estimate of drug-likeness (QED) is 0.777. The first-order chi connectivity index (χ1) is 8.70. The van der Waals surface area contributed by atoms with E-state index in [2.05, 4.69) is 4.98 Å². The van der Waals surface area contributed by atoms with E-state index in [-0.39, 0.29) is 5.97 Å². The topological polar surface area (TPSA) is 48.4 Å². The molecule has 1 aromatic heterocycles. The molecule has 94 valence electrons. The minimum absolute atomic E-state index is 0.350. The van der Waals surface area contributed by atoms with Gasteiger partial charge in [-0.25, -0.2) is 4.79 Å². The van der Waals surface area contributed by atoms with E-state index in [1.165, 1.54) is 0 Å². The Balaban J connectivity index is 2.14. The van der Waals surface area contributed by atoms with Crippen LogP contribution in [0.1, 0.15) is 13.8 Å². The lowest BCUT2D eigenvalue weighted by Crippen LogP contribution is -2.26. The second-order valence-electron chi connectivity index (χ2n) is 3.88. The molecule has 4 heteroatoms. The van der Waals surface area contributed by atoms with Crippen LogP contribution in [0.5, 0.6) is 5.75 Å². The minimum Gasteiger partial charge on any atom is -0.477 e. The van der Waals surface area contributed by atoms with E-state index in [1.54, 1.807) is 20.0 Å². The van der Waals surface area contributed by atoms with Gasteiger partial charge in [0, 0.05) is 5.39 Å². The summed E-state index contributed by atoms with van der Waals surface area (Å²) in [6.45, 7) is 3.78. The van der Waals surface area contributed by atoms with Gasteiger partial charge < -0.3 is 9.47 Å².